The zero-order chi connectivity index (χ0) is 26.6. The fraction of sp³-hybridized carbons (Fsp3) is 0.429. The van der Waals surface area contributed by atoms with Crippen molar-refractivity contribution in [3.63, 3.8) is 0 Å². The third-order valence-electron chi connectivity index (χ3n) is 6.99. The van der Waals surface area contributed by atoms with E-state index in [1.54, 1.807) is 0 Å². The number of hydrogen-bond acceptors (Lipinski definition) is 4. The van der Waals surface area contributed by atoms with E-state index in [1.165, 1.54) is 29.2 Å². The number of amides is 1. The van der Waals surface area contributed by atoms with E-state index in [2.05, 4.69) is 17.3 Å². The molecule has 194 valence electrons. The van der Waals surface area contributed by atoms with Crippen LogP contribution in [0.25, 0.3) is 11.1 Å². The molecular formula is C28H27F4N3O2. The zero-order valence-corrected chi connectivity index (χ0v) is 20.1. The number of likely N-dealkylation sites (tertiary alicyclic amines) is 1. The Labute approximate surface area is 213 Å². The first kappa shape index (κ1) is 26.5. The molecule has 1 saturated heterocycles. The molecule has 0 unspecified atom stereocenters. The molecule has 0 aromatic heterocycles. The molecule has 37 heavy (non-hydrogen) atoms. The standard InChI is InChI=1S/C28H27F4N3O2/c1-2-21-9-10-22(16-33)35(21)27(36)17-34-20-7-11-23(12-8-20)37-24-13-14-25(26(15-24)28(30,31)32)18-3-5-19(29)6-4-18/h1,3-6,13-15,20-23,34H,7-12,17H2/t20-,21-,22-,23-/m0/s1. The first-order chi connectivity index (χ1) is 17.7. The Kier molecular flexibility index (Phi) is 8.04. The Morgan fingerprint density at radius 1 is 1.05 bits per heavy atom. The molecule has 1 heterocycles. The average Bonchev–Trinajstić information content (AvgIpc) is 3.31. The third-order valence-corrected chi connectivity index (χ3v) is 6.99. The molecule has 2 atom stereocenters. The van der Waals surface area contributed by atoms with Gasteiger partial charge in [-0.15, -0.1) is 6.42 Å². The van der Waals surface area contributed by atoms with Crippen LogP contribution in [0, 0.1) is 29.5 Å². The van der Waals surface area contributed by atoms with Crippen LogP contribution in [0.2, 0.25) is 0 Å². The van der Waals surface area contributed by atoms with Crippen molar-refractivity contribution in [3.05, 3.63) is 53.8 Å². The second-order valence-electron chi connectivity index (χ2n) is 9.39. The van der Waals surface area contributed by atoms with Gasteiger partial charge in [-0.05, 0) is 73.9 Å². The van der Waals surface area contributed by atoms with Gasteiger partial charge < -0.3 is 15.0 Å². The number of carbonyl (C=O) groups is 1. The van der Waals surface area contributed by atoms with E-state index < -0.39 is 23.6 Å². The van der Waals surface area contributed by atoms with Crippen LogP contribution in [0.15, 0.2) is 42.5 Å². The normalized spacial score (nSPS) is 23.8. The van der Waals surface area contributed by atoms with E-state index in [-0.39, 0.29) is 47.5 Å². The van der Waals surface area contributed by atoms with E-state index in [0.717, 1.165) is 18.2 Å². The van der Waals surface area contributed by atoms with E-state index in [1.807, 2.05) is 0 Å². The monoisotopic (exact) mass is 513 g/mol. The van der Waals surface area contributed by atoms with Crippen molar-refractivity contribution in [2.24, 2.45) is 0 Å². The van der Waals surface area contributed by atoms with Crippen molar-refractivity contribution in [2.75, 3.05) is 6.54 Å². The number of nitriles is 1. The molecule has 4 rings (SSSR count). The van der Waals surface area contributed by atoms with Crippen LogP contribution in [-0.2, 0) is 11.0 Å². The molecule has 1 aliphatic carbocycles. The molecular weight excluding hydrogens is 486 g/mol. The zero-order valence-electron chi connectivity index (χ0n) is 20.1. The van der Waals surface area contributed by atoms with Gasteiger partial charge in [0.15, 0.2) is 0 Å². The van der Waals surface area contributed by atoms with Gasteiger partial charge in [0.05, 0.1) is 30.3 Å². The lowest BCUT2D eigenvalue weighted by molar-refractivity contribution is -0.137. The maximum Gasteiger partial charge on any atom is 0.417 e. The van der Waals surface area contributed by atoms with Crippen LogP contribution in [0.5, 0.6) is 5.75 Å². The van der Waals surface area contributed by atoms with Gasteiger partial charge in [0.1, 0.15) is 17.6 Å². The molecule has 5 nitrogen and oxygen atoms in total. The van der Waals surface area contributed by atoms with Crippen molar-refractivity contribution < 1.29 is 27.1 Å². The molecule has 2 aliphatic rings. The Hall–Kier alpha value is -3.56. The van der Waals surface area contributed by atoms with Crippen LogP contribution < -0.4 is 10.1 Å². The van der Waals surface area contributed by atoms with Gasteiger partial charge in [0, 0.05) is 6.04 Å². The minimum Gasteiger partial charge on any atom is -0.490 e. The van der Waals surface area contributed by atoms with Gasteiger partial charge in [-0.2, -0.15) is 18.4 Å². The van der Waals surface area contributed by atoms with Crippen molar-refractivity contribution in [1.82, 2.24) is 10.2 Å². The molecule has 2 fully saturated rings. The van der Waals surface area contributed by atoms with Gasteiger partial charge in [0.25, 0.3) is 0 Å². The Morgan fingerprint density at radius 2 is 1.73 bits per heavy atom. The lowest BCUT2D eigenvalue weighted by atomic mass is 9.92. The van der Waals surface area contributed by atoms with Crippen LogP contribution in [0.3, 0.4) is 0 Å². The summed E-state index contributed by atoms with van der Waals surface area (Å²) in [6, 6.07) is 10.0. The molecule has 1 N–H and O–H groups in total. The fourth-order valence-corrected chi connectivity index (χ4v) is 5.06. The average molecular weight is 514 g/mol. The molecule has 1 aliphatic heterocycles. The summed E-state index contributed by atoms with van der Waals surface area (Å²) in [6.45, 7) is 0.0757. The third kappa shape index (κ3) is 6.23. The van der Waals surface area contributed by atoms with Gasteiger partial charge in [-0.1, -0.05) is 24.1 Å². The van der Waals surface area contributed by atoms with Crippen molar-refractivity contribution in [2.45, 2.75) is 68.9 Å². The topological polar surface area (TPSA) is 65.4 Å². The Morgan fingerprint density at radius 3 is 2.35 bits per heavy atom. The van der Waals surface area contributed by atoms with Crippen LogP contribution in [-0.4, -0.2) is 41.6 Å². The number of carbonyl (C=O) groups excluding carboxylic acids is 1. The maximum absolute atomic E-state index is 13.8. The number of rotatable bonds is 6. The summed E-state index contributed by atoms with van der Waals surface area (Å²) < 4.78 is 60.5. The molecule has 0 bridgehead atoms. The number of nitrogens with one attached hydrogen (secondary N) is 1. The molecule has 2 aromatic rings. The van der Waals surface area contributed by atoms with Gasteiger partial charge in [-0.25, -0.2) is 4.39 Å². The smallest absolute Gasteiger partial charge is 0.417 e. The minimum atomic E-state index is -4.60. The second kappa shape index (κ2) is 11.2. The summed E-state index contributed by atoms with van der Waals surface area (Å²) in [6.07, 6.45) is 4.46. The lowest BCUT2D eigenvalue weighted by Crippen LogP contribution is -2.47. The largest absolute Gasteiger partial charge is 0.490 e. The number of ether oxygens (including phenoxy) is 1. The predicted molar refractivity (Wildman–Crippen MR) is 130 cm³/mol. The van der Waals surface area contributed by atoms with E-state index in [4.69, 9.17) is 11.2 Å². The molecule has 9 heteroatoms. The highest BCUT2D eigenvalue weighted by Gasteiger charge is 2.36. The number of benzene rings is 2. The maximum atomic E-state index is 13.8. The first-order valence-corrected chi connectivity index (χ1v) is 12.2. The van der Waals surface area contributed by atoms with Gasteiger partial charge >= 0.3 is 6.18 Å². The molecule has 1 saturated carbocycles. The van der Waals surface area contributed by atoms with Crippen molar-refractivity contribution in [3.8, 4) is 35.3 Å². The fourth-order valence-electron chi connectivity index (χ4n) is 5.06. The number of hydrogen-bond donors (Lipinski definition) is 1. The van der Waals surface area contributed by atoms with Crippen molar-refractivity contribution >= 4 is 5.91 Å². The SMILES string of the molecule is C#C[C@H]1CC[C@@H](C#N)N1C(=O)CN[C@H]1CC[C@H](Oc2ccc(-c3ccc(F)cc3)c(C(F)(F)F)c2)CC1. The summed E-state index contributed by atoms with van der Waals surface area (Å²) in [5, 5.41) is 12.5. The molecule has 1 amide bonds. The highest BCUT2D eigenvalue weighted by Crippen LogP contribution is 2.40. The van der Waals surface area contributed by atoms with E-state index in [9.17, 15) is 27.6 Å². The number of nitrogens with zero attached hydrogens (tertiary/aromatic N) is 2. The Bertz CT molecular complexity index is 1170. The summed E-state index contributed by atoms with van der Waals surface area (Å²) in [7, 11) is 0. The van der Waals surface area contributed by atoms with Crippen LogP contribution >= 0.6 is 0 Å². The van der Waals surface area contributed by atoms with Gasteiger partial charge in [-0.3, -0.25) is 4.79 Å². The predicted octanol–water partition coefficient (Wildman–Crippen LogP) is 5.31. The number of halogens is 4. The lowest BCUT2D eigenvalue weighted by Gasteiger charge is -2.31. The molecule has 2 aromatic carbocycles. The highest BCUT2D eigenvalue weighted by atomic mass is 19.4. The first-order valence-electron chi connectivity index (χ1n) is 12.2. The highest BCUT2D eigenvalue weighted by molar-refractivity contribution is 5.80. The summed E-state index contributed by atoms with van der Waals surface area (Å²) in [4.78, 5) is 14.2. The van der Waals surface area contributed by atoms with Gasteiger partial charge in [0.2, 0.25) is 5.91 Å². The van der Waals surface area contributed by atoms with Crippen molar-refractivity contribution in [1.29, 1.82) is 5.26 Å². The molecule has 0 spiro atoms. The van der Waals surface area contributed by atoms with E-state index >= 15 is 0 Å². The second-order valence-corrected chi connectivity index (χ2v) is 9.39. The summed E-state index contributed by atoms with van der Waals surface area (Å²) >= 11 is 0. The quantitative estimate of drug-likeness (QED) is 0.420. The molecule has 0 radical (unpaired) electrons. The summed E-state index contributed by atoms with van der Waals surface area (Å²) in [5.41, 5.74) is -0.612. The minimum absolute atomic E-state index is 0.0406. The number of alkyl halides is 3. The number of terminal acetylenes is 1. The Balaban J connectivity index is 1.33. The summed E-state index contributed by atoms with van der Waals surface area (Å²) in [5.74, 6) is 1.98. The van der Waals surface area contributed by atoms with Crippen LogP contribution in [0.4, 0.5) is 17.6 Å². The van der Waals surface area contributed by atoms with E-state index in [0.29, 0.717) is 38.5 Å². The van der Waals surface area contributed by atoms with Crippen LogP contribution in [0.1, 0.15) is 44.1 Å².